The van der Waals surface area contributed by atoms with Gasteiger partial charge in [0.05, 0.1) is 7.11 Å². The molecule has 4 rings (SSSR count). The van der Waals surface area contributed by atoms with Crippen LogP contribution in [0.4, 0.5) is 0 Å². The van der Waals surface area contributed by atoms with Gasteiger partial charge in [-0.15, -0.1) is 0 Å². The molecule has 0 amide bonds. The third-order valence-corrected chi connectivity index (χ3v) is 5.15. The molecule has 1 aromatic heterocycles. The molecule has 0 bridgehead atoms. The van der Waals surface area contributed by atoms with Crippen molar-refractivity contribution in [1.82, 2.24) is 10.3 Å². The number of pyridine rings is 1. The number of fused-ring (bicyclic) bond motifs is 1. The maximum absolute atomic E-state index is 5.22. The van der Waals surface area contributed by atoms with Crippen molar-refractivity contribution in [3.63, 3.8) is 0 Å². The van der Waals surface area contributed by atoms with Crippen molar-refractivity contribution in [2.75, 3.05) is 7.11 Å². The van der Waals surface area contributed by atoms with E-state index < -0.39 is 0 Å². The van der Waals surface area contributed by atoms with Gasteiger partial charge >= 0.3 is 0 Å². The monoisotopic (exact) mass is 368 g/mol. The molecule has 140 valence electrons. The van der Waals surface area contributed by atoms with Crippen LogP contribution in [0.15, 0.2) is 79.1 Å². The molecule has 0 fully saturated rings. The predicted molar refractivity (Wildman–Crippen MR) is 115 cm³/mol. The smallest absolute Gasteiger partial charge is 0.118 e. The highest BCUT2D eigenvalue weighted by Crippen LogP contribution is 2.32. The molecule has 3 nitrogen and oxygen atoms in total. The lowest BCUT2D eigenvalue weighted by Gasteiger charge is -2.13. The van der Waals surface area contributed by atoms with Crippen molar-refractivity contribution in [3.05, 3.63) is 95.8 Å². The van der Waals surface area contributed by atoms with Gasteiger partial charge in [0.25, 0.3) is 0 Å². The van der Waals surface area contributed by atoms with Gasteiger partial charge in [0.1, 0.15) is 5.75 Å². The third-order valence-electron chi connectivity index (χ3n) is 5.15. The Kier molecular flexibility index (Phi) is 5.36. The Bertz CT molecular complexity index is 1090. The Morgan fingerprint density at radius 3 is 2.43 bits per heavy atom. The van der Waals surface area contributed by atoms with Crippen molar-refractivity contribution in [2.24, 2.45) is 0 Å². The fraction of sp³-hybridized carbons (Fsp3) is 0.160. The Balaban J connectivity index is 1.58. The van der Waals surface area contributed by atoms with E-state index in [-0.39, 0.29) is 0 Å². The van der Waals surface area contributed by atoms with Gasteiger partial charge in [0.2, 0.25) is 0 Å². The summed E-state index contributed by atoms with van der Waals surface area (Å²) in [6.07, 6.45) is 3.85. The molecular weight excluding hydrogens is 344 g/mol. The highest BCUT2D eigenvalue weighted by molar-refractivity contribution is 5.98. The minimum absolute atomic E-state index is 0.794. The number of aryl methyl sites for hydroxylation is 1. The van der Waals surface area contributed by atoms with Gasteiger partial charge in [0.15, 0.2) is 0 Å². The maximum Gasteiger partial charge on any atom is 0.118 e. The van der Waals surface area contributed by atoms with Crippen molar-refractivity contribution >= 4 is 10.8 Å². The van der Waals surface area contributed by atoms with Gasteiger partial charge in [-0.1, -0.05) is 48.5 Å². The number of methoxy groups -OCH3 is 1. The molecule has 1 N–H and O–H groups in total. The molecule has 0 saturated heterocycles. The number of ether oxygens (including phenoxy) is 1. The van der Waals surface area contributed by atoms with E-state index in [4.69, 9.17) is 4.74 Å². The van der Waals surface area contributed by atoms with Crippen LogP contribution in [0.5, 0.6) is 5.75 Å². The summed E-state index contributed by atoms with van der Waals surface area (Å²) in [5.74, 6) is 0.882. The summed E-state index contributed by atoms with van der Waals surface area (Å²) in [5, 5.41) is 5.99. The van der Waals surface area contributed by atoms with Crippen LogP contribution in [0.1, 0.15) is 16.7 Å². The molecule has 0 aliphatic carbocycles. The van der Waals surface area contributed by atoms with Crippen LogP contribution in [0, 0.1) is 6.92 Å². The number of hydrogen-bond donors (Lipinski definition) is 1. The highest BCUT2D eigenvalue weighted by Gasteiger charge is 2.09. The van der Waals surface area contributed by atoms with E-state index in [1.807, 2.05) is 24.5 Å². The number of benzene rings is 3. The van der Waals surface area contributed by atoms with E-state index in [2.05, 4.69) is 71.8 Å². The Hall–Kier alpha value is -3.17. The third kappa shape index (κ3) is 3.75. The van der Waals surface area contributed by atoms with E-state index in [1.54, 1.807) is 7.11 Å². The van der Waals surface area contributed by atoms with E-state index in [0.717, 1.165) is 18.8 Å². The first-order valence-electron chi connectivity index (χ1n) is 9.51. The van der Waals surface area contributed by atoms with E-state index in [1.165, 1.54) is 38.6 Å². The van der Waals surface area contributed by atoms with Crippen LogP contribution in [0.3, 0.4) is 0 Å². The Labute approximate surface area is 166 Å². The largest absolute Gasteiger partial charge is 0.497 e. The molecule has 3 heteroatoms. The summed E-state index contributed by atoms with van der Waals surface area (Å²) < 4.78 is 5.22. The van der Waals surface area contributed by atoms with Gasteiger partial charge in [-0.3, -0.25) is 4.98 Å². The number of hydrogen-bond acceptors (Lipinski definition) is 3. The molecule has 0 aliphatic heterocycles. The fourth-order valence-electron chi connectivity index (χ4n) is 3.60. The predicted octanol–water partition coefficient (Wildman–Crippen LogP) is 5.51. The van der Waals surface area contributed by atoms with Gasteiger partial charge in [0, 0.05) is 30.9 Å². The summed E-state index contributed by atoms with van der Waals surface area (Å²) in [4.78, 5) is 4.37. The Morgan fingerprint density at radius 2 is 1.64 bits per heavy atom. The average molecular weight is 368 g/mol. The molecular formula is C25H24N2O. The number of aromatic nitrogens is 1. The zero-order chi connectivity index (χ0) is 19.3. The van der Waals surface area contributed by atoms with Crippen LogP contribution in [-0.4, -0.2) is 12.1 Å². The van der Waals surface area contributed by atoms with Crippen molar-refractivity contribution in [1.29, 1.82) is 0 Å². The Morgan fingerprint density at radius 1 is 0.821 bits per heavy atom. The second-order valence-corrected chi connectivity index (χ2v) is 6.96. The summed E-state index contributed by atoms with van der Waals surface area (Å²) in [7, 11) is 1.69. The molecule has 4 aromatic rings. The normalized spacial score (nSPS) is 10.9. The minimum atomic E-state index is 0.794. The molecule has 28 heavy (non-hydrogen) atoms. The lowest BCUT2D eigenvalue weighted by atomic mass is 9.94. The maximum atomic E-state index is 5.22. The standard InChI is InChI=1S/C25H24N2O/c1-18-5-3-4-6-22(18)23-12-9-20(25-17-26-14-13-24(23)25)16-27-15-19-7-10-21(28-2)11-8-19/h3-14,17,27H,15-16H2,1-2H3. The molecule has 0 aliphatic rings. The molecule has 0 radical (unpaired) electrons. The quantitative estimate of drug-likeness (QED) is 0.487. The van der Waals surface area contributed by atoms with Gasteiger partial charge < -0.3 is 10.1 Å². The second kappa shape index (κ2) is 8.24. The van der Waals surface area contributed by atoms with Crippen molar-refractivity contribution < 1.29 is 4.74 Å². The number of nitrogens with zero attached hydrogens (tertiary/aromatic N) is 1. The van der Waals surface area contributed by atoms with Gasteiger partial charge in [-0.05, 0) is 58.3 Å². The summed E-state index contributed by atoms with van der Waals surface area (Å²) in [5.41, 5.74) is 6.31. The zero-order valence-corrected chi connectivity index (χ0v) is 16.3. The zero-order valence-electron chi connectivity index (χ0n) is 16.3. The van der Waals surface area contributed by atoms with E-state index >= 15 is 0 Å². The van der Waals surface area contributed by atoms with Crippen LogP contribution in [0.25, 0.3) is 21.9 Å². The van der Waals surface area contributed by atoms with Crippen LogP contribution >= 0.6 is 0 Å². The highest BCUT2D eigenvalue weighted by atomic mass is 16.5. The summed E-state index contributed by atoms with van der Waals surface area (Å²) in [6.45, 7) is 3.76. The average Bonchev–Trinajstić information content (AvgIpc) is 2.75. The molecule has 0 saturated carbocycles. The topological polar surface area (TPSA) is 34.1 Å². The number of nitrogens with one attached hydrogen (secondary N) is 1. The van der Waals surface area contributed by atoms with Crippen LogP contribution in [-0.2, 0) is 13.1 Å². The van der Waals surface area contributed by atoms with E-state index in [0.29, 0.717) is 0 Å². The summed E-state index contributed by atoms with van der Waals surface area (Å²) in [6, 6.07) is 23.3. The lowest BCUT2D eigenvalue weighted by molar-refractivity contribution is 0.414. The molecule has 3 aromatic carbocycles. The van der Waals surface area contributed by atoms with E-state index in [9.17, 15) is 0 Å². The minimum Gasteiger partial charge on any atom is -0.497 e. The molecule has 1 heterocycles. The molecule has 0 atom stereocenters. The van der Waals surface area contributed by atoms with Crippen molar-refractivity contribution in [2.45, 2.75) is 20.0 Å². The fourth-order valence-corrected chi connectivity index (χ4v) is 3.60. The van der Waals surface area contributed by atoms with Crippen molar-refractivity contribution in [3.8, 4) is 16.9 Å². The van der Waals surface area contributed by atoms with Gasteiger partial charge in [-0.2, -0.15) is 0 Å². The SMILES string of the molecule is COc1ccc(CNCc2ccc(-c3ccccc3C)c3ccncc23)cc1. The first kappa shape index (κ1) is 18.2. The molecule has 0 unspecified atom stereocenters. The lowest BCUT2D eigenvalue weighted by Crippen LogP contribution is -2.13. The first-order valence-corrected chi connectivity index (χ1v) is 9.51. The number of rotatable bonds is 6. The first-order chi connectivity index (χ1) is 13.8. The van der Waals surface area contributed by atoms with Crippen LogP contribution < -0.4 is 10.1 Å². The van der Waals surface area contributed by atoms with Gasteiger partial charge in [-0.25, -0.2) is 0 Å². The second-order valence-electron chi connectivity index (χ2n) is 6.96. The molecule has 0 spiro atoms. The summed E-state index contributed by atoms with van der Waals surface area (Å²) >= 11 is 0. The van der Waals surface area contributed by atoms with Crippen LogP contribution in [0.2, 0.25) is 0 Å².